The molecule has 1 aromatic rings. The Morgan fingerprint density at radius 2 is 2.00 bits per heavy atom. The van der Waals surface area contributed by atoms with Crippen molar-refractivity contribution in [2.45, 2.75) is 17.5 Å². The summed E-state index contributed by atoms with van der Waals surface area (Å²) in [6.45, 7) is 2.32. The summed E-state index contributed by atoms with van der Waals surface area (Å²) in [4.78, 5) is 1.16. The molecule has 0 bridgehead atoms. The van der Waals surface area contributed by atoms with E-state index in [2.05, 4.69) is 29.6 Å². The Kier molecular flexibility index (Phi) is 8.86. The van der Waals surface area contributed by atoms with Gasteiger partial charge in [0.25, 0.3) is 0 Å². The van der Waals surface area contributed by atoms with Gasteiger partial charge in [-0.15, -0.1) is 11.8 Å². The normalized spacial score (nSPS) is 12.6. The lowest BCUT2D eigenvalue weighted by Crippen LogP contribution is -2.19. The van der Waals surface area contributed by atoms with Gasteiger partial charge in [0.2, 0.25) is 0 Å². The minimum absolute atomic E-state index is 0.355. The summed E-state index contributed by atoms with van der Waals surface area (Å²) in [7, 11) is 3.57. The van der Waals surface area contributed by atoms with Crippen molar-refractivity contribution < 1.29 is 14.6 Å². The third kappa shape index (κ3) is 7.54. The Balaban J connectivity index is 2.20. The summed E-state index contributed by atoms with van der Waals surface area (Å²) in [6.07, 6.45) is -0.446. The second kappa shape index (κ2) is 10.2. The smallest absolute Gasteiger partial charge is 0.0867 e. The number of nitrogens with one attached hydrogen (secondary N) is 1. The van der Waals surface area contributed by atoms with Gasteiger partial charge in [-0.2, -0.15) is 0 Å². The molecule has 0 spiro atoms. The zero-order valence-electron chi connectivity index (χ0n) is 11.6. The number of aliphatic hydroxyl groups excluding tert-OH is 1. The summed E-state index contributed by atoms with van der Waals surface area (Å²) >= 11 is 1.64. The molecule has 1 aromatic carbocycles. The lowest BCUT2D eigenvalue weighted by molar-refractivity contribution is 0.0218. The Morgan fingerprint density at radius 3 is 2.63 bits per heavy atom. The molecule has 5 heteroatoms. The number of ether oxygens (including phenoxy) is 2. The number of rotatable bonds is 10. The number of methoxy groups -OCH3 is 1. The van der Waals surface area contributed by atoms with Crippen molar-refractivity contribution in [2.75, 3.05) is 39.7 Å². The average molecular weight is 285 g/mol. The van der Waals surface area contributed by atoms with Gasteiger partial charge in [-0.25, -0.2) is 0 Å². The van der Waals surface area contributed by atoms with E-state index in [0.29, 0.717) is 25.6 Å². The molecule has 4 nitrogen and oxygen atoms in total. The standard InChI is InChI=1S/C14H23NO3S/c1-15-9-12-3-5-14(6-4-12)19-11-13(16)10-18-8-7-17-2/h3-6,13,15-16H,7-11H2,1-2H3. The molecular formula is C14H23NO3S. The maximum atomic E-state index is 9.75. The van der Waals surface area contributed by atoms with Crippen molar-refractivity contribution in [2.24, 2.45) is 0 Å². The van der Waals surface area contributed by atoms with Crippen molar-refractivity contribution >= 4 is 11.8 Å². The molecule has 0 saturated carbocycles. The van der Waals surface area contributed by atoms with Gasteiger partial charge in [0.15, 0.2) is 0 Å². The Labute approximate surface area is 119 Å². The third-order valence-corrected chi connectivity index (χ3v) is 3.65. The fourth-order valence-corrected chi connectivity index (χ4v) is 2.32. The highest BCUT2D eigenvalue weighted by molar-refractivity contribution is 7.99. The molecule has 0 saturated heterocycles. The predicted molar refractivity (Wildman–Crippen MR) is 78.6 cm³/mol. The molecular weight excluding hydrogens is 262 g/mol. The molecule has 1 unspecified atom stereocenters. The molecule has 2 N–H and O–H groups in total. The summed E-state index contributed by atoms with van der Waals surface area (Å²) in [5, 5.41) is 12.9. The number of thioether (sulfide) groups is 1. The van der Waals surface area contributed by atoms with Gasteiger partial charge in [0, 0.05) is 24.3 Å². The zero-order chi connectivity index (χ0) is 13.9. The van der Waals surface area contributed by atoms with E-state index in [9.17, 15) is 5.11 Å². The van der Waals surface area contributed by atoms with Crippen LogP contribution in [0.15, 0.2) is 29.2 Å². The molecule has 19 heavy (non-hydrogen) atoms. The first-order valence-corrected chi connectivity index (χ1v) is 7.36. The summed E-state index contributed by atoms with van der Waals surface area (Å²) in [5.74, 6) is 0.637. The highest BCUT2D eigenvalue weighted by Gasteiger charge is 2.05. The van der Waals surface area contributed by atoms with E-state index in [1.54, 1.807) is 18.9 Å². The van der Waals surface area contributed by atoms with Crippen molar-refractivity contribution in [1.29, 1.82) is 0 Å². The van der Waals surface area contributed by atoms with E-state index < -0.39 is 6.10 Å². The van der Waals surface area contributed by atoms with Crippen LogP contribution in [0.25, 0.3) is 0 Å². The summed E-state index contributed by atoms with van der Waals surface area (Å²) in [5.41, 5.74) is 1.26. The van der Waals surface area contributed by atoms with Crippen LogP contribution in [0.5, 0.6) is 0 Å². The van der Waals surface area contributed by atoms with Crippen molar-refractivity contribution in [3.8, 4) is 0 Å². The molecule has 0 fully saturated rings. The first-order valence-electron chi connectivity index (χ1n) is 6.37. The quantitative estimate of drug-likeness (QED) is 0.504. The summed E-state index contributed by atoms with van der Waals surface area (Å²) in [6, 6.07) is 8.35. The molecule has 1 rings (SSSR count). The van der Waals surface area contributed by atoms with E-state index in [4.69, 9.17) is 9.47 Å². The SMILES string of the molecule is CNCc1ccc(SCC(O)COCCOC)cc1. The van der Waals surface area contributed by atoms with Gasteiger partial charge in [-0.05, 0) is 24.7 Å². The minimum atomic E-state index is -0.446. The maximum Gasteiger partial charge on any atom is 0.0867 e. The maximum absolute atomic E-state index is 9.75. The van der Waals surface area contributed by atoms with Crippen LogP contribution in [0.4, 0.5) is 0 Å². The Bertz CT molecular complexity index is 332. The number of aliphatic hydroxyl groups is 1. The van der Waals surface area contributed by atoms with Gasteiger partial charge in [0.05, 0.1) is 25.9 Å². The van der Waals surface area contributed by atoms with Crippen LogP contribution in [0.1, 0.15) is 5.56 Å². The molecule has 0 heterocycles. The van der Waals surface area contributed by atoms with E-state index in [-0.39, 0.29) is 0 Å². The van der Waals surface area contributed by atoms with Gasteiger partial charge >= 0.3 is 0 Å². The molecule has 108 valence electrons. The van der Waals surface area contributed by atoms with Crippen LogP contribution in [-0.2, 0) is 16.0 Å². The highest BCUT2D eigenvalue weighted by atomic mass is 32.2. The van der Waals surface area contributed by atoms with Crippen molar-refractivity contribution in [3.63, 3.8) is 0 Å². The Hall–Kier alpha value is -0.590. The highest BCUT2D eigenvalue weighted by Crippen LogP contribution is 2.19. The second-order valence-corrected chi connectivity index (χ2v) is 5.30. The first kappa shape index (κ1) is 16.5. The predicted octanol–water partition coefficient (Wildman–Crippen LogP) is 1.52. The van der Waals surface area contributed by atoms with E-state index in [1.165, 1.54) is 5.56 Å². The molecule has 1 atom stereocenters. The molecule has 0 aromatic heterocycles. The number of hydrogen-bond donors (Lipinski definition) is 2. The van der Waals surface area contributed by atoms with E-state index in [0.717, 1.165) is 11.4 Å². The monoisotopic (exact) mass is 285 g/mol. The molecule has 0 aliphatic rings. The molecule has 0 radical (unpaired) electrons. The first-order chi connectivity index (χ1) is 9.26. The van der Waals surface area contributed by atoms with E-state index >= 15 is 0 Å². The van der Waals surface area contributed by atoms with Crippen LogP contribution < -0.4 is 5.32 Å². The van der Waals surface area contributed by atoms with Crippen LogP contribution >= 0.6 is 11.8 Å². The molecule has 0 aliphatic heterocycles. The minimum Gasteiger partial charge on any atom is -0.390 e. The summed E-state index contributed by atoms with van der Waals surface area (Å²) < 4.78 is 10.1. The molecule has 0 aliphatic carbocycles. The van der Waals surface area contributed by atoms with Crippen molar-refractivity contribution in [3.05, 3.63) is 29.8 Å². The van der Waals surface area contributed by atoms with Crippen LogP contribution in [0, 0.1) is 0 Å². The molecule has 0 amide bonds. The van der Waals surface area contributed by atoms with Crippen LogP contribution in [-0.4, -0.2) is 50.9 Å². The zero-order valence-corrected chi connectivity index (χ0v) is 12.4. The fourth-order valence-electron chi connectivity index (χ4n) is 1.51. The number of benzene rings is 1. The largest absolute Gasteiger partial charge is 0.390 e. The van der Waals surface area contributed by atoms with Gasteiger partial charge < -0.3 is 19.9 Å². The topological polar surface area (TPSA) is 50.7 Å². The van der Waals surface area contributed by atoms with Crippen LogP contribution in [0.3, 0.4) is 0 Å². The second-order valence-electron chi connectivity index (χ2n) is 4.21. The van der Waals surface area contributed by atoms with Crippen molar-refractivity contribution in [1.82, 2.24) is 5.32 Å². The number of hydrogen-bond acceptors (Lipinski definition) is 5. The average Bonchev–Trinajstić information content (AvgIpc) is 2.43. The van der Waals surface area contributed by atoms with Gasteiger partial charge in [-0.3, -0.25) is 0 Å². The van der Waals surface area contributed by atoms with Gasteiger partial charge in [-0.1, -0.05) is 12.1 Å². The van der Waals surface area contributed by atoms with Crippen LogP contribution in [0.2, 0.25) is 0 Å². The lowest BCUT2D eigenvalue weighted by Gasteiger charge is -2.11. The van der Waals surface area contributed by atoms with Gasteiger partial charge in [0.1, 0.15) is 0 Å². The fraction of sp³-hybridized carbons (Fsp3) is 0.571. The lowest BCUT2D eigenvalue weighted by atomic mass is 10.2. The third-order valence-electron chi connectivity index (χ3n) is 2.49. The Morgan fingerprint density at radius 1 is 1.26 bits per heavy atom. The van der Waals surface area contributed by atoms with E-state index in [1.807, 2.05) is 7.05 Å².